The summed E-state index contributed by atoms with van der Waals surface area (Å²) in [6, 6.07) is 10.2. The number of carbonyl (C=O) groups excluding carboxylic acids is 1. The van der Waals surface area contributed by atoms with Gasteiger partial charge >= 0.3 is 6.03 Å². The molecule has 2 amide bonds. The second-order valence-corrected chi connectivity index (χ2v) is 6.13. The van der Waals surface area contributed by atoms with E-state index >= 15 is 0 Å². The summed E-state index contributed by atoms with van der Waals surface area (Å²) < 4.78 is 0. The van der Waals surface area contributed by atoms with Crippen molar-refractivity contribution in [1.82, 2.24) is 10.6 Å². The van der Waals surface area contributed by atoms with E-state index in [-0.39, 0.29) is 6.03 Å². The van der Waals surface area contributed by atoms with E-state index in [1.807, 2.05) is 51.9 Å². The van der Waals surface area contributed by atoms with Crippen molar-refractivity contribution in [2.24, 2.45) is 0 Å². The van der Waals surface area contributed by atoms with Gasteiger partial charge in [0.2, 0.25) is 0 Å². The summed E-state index contributed by atoms with van der Waals surface area (Å²) in [6.07, 6.45) is 0. The Labute approximate surface area is 103 Å². The maximum absolute atomic E-state index is 11.5. The first-order valence-electron chi connectivity index (χ1n) is 5.17. The van der Waals surface area contributed by atoms with E-state index in [1.165, 1.54) is 0 Å². The quantitative estimate of drug-likeness (QED) is 0.813. The van der Waals surface area contributed by atoms with Crippen molar-refractivity contribution in [3.63, 3.8) is 0 Å². The maximum atomic E-state index is 11.5. The van der Waals surface area contributed by atoms with Crippen LogP contribution in [0.1, 0.15) is 5.56 Å². The van der Waals surface area contributed by atoms with E-state index in [0.717, 1.165) is 17.1 Å². The van der Waals surface area contributed by atoms with Crippen LogP contribution in [-0.4, -0.2) is 23.6 Å². The fraction of sp³-hybridized carbons (Fsp3) is 0.364. The lowest BCUT2D eigenvalue weighted by Crippen LogP contribution is -2.42. The summed E-state index contributed by atoms with van der Waals surface area (Å²) in [7, 11) is 3.63. The predicted octanol–water partition coefficient (Wildman–Crippen LogP) is 2.25. The van der Waals surface area contributed by atoms with Crippen molar-refractivity contribution in [3.8, 4) is 0 Å². The molecule has 1 aromatic rings. The summed E-state index contributed by atoms with van der Waals surface area (Å²) in [5, 5.41) is 5.81. The molecule has 0 aromatic heterocycles. The first-order chi connectivity index (χ1) is 7.84. The lowest BCUT2D eigenvalue weighted by molar-refractivity contribution is 0.238. The van der Waals surface area contributed by atoms with E-state index < -0.39 is 0 Å². The van der Waals surface area contributed by atoms with Crippen LogP contribution in [0.2, 0.25) is 0 Å². The van der Waals surface area contributed by atoms with Crippen molar-refractivity contribution < 1.29 is 4.79 Å². The van der Waals surface area contributed by atoms with Gasteiger partial charge in [-0.1, -0.05) is 51.9 Å². The molecule has 1 fully saturated rings. The van der Waals surface area contributed by atoms with E-state index in [9.17, 15) is 4.79 Å². The predicted molar refractivity (Wildman–Crippen MR) is 70.5 cm³/mol. The van der Waals surface area contributed by atoms with Gasteiger partial charge in [0.15, 0.2) is 0 Å². The molecule has 0 unspecified atom stereocenters. The van der Waals surface area contributed by atoms with Crippen LogP contribution < -0.4 is 10.6 Å². The molecule has 0 spiro atoms. The van der Waals surface area contributed by atoms with Crippen LogP contribution >= 0.6 is 21.6 Å². The molecule has 3 nitrogen and oxygen atoms in total. The number of hydrogen-bond acceptors (Lipinski definition) is 3. The molecule has 1 aliphatic rings. The van der Waals surface area contributed by atoms with Crippen LogP contribution in [-0.2, 0) is 6.54 Å². The Bertz CT molecular complexity index is 339. The smallest absolute Gasteiger partial charge is 0.315 e. The van der Waals surface area contributed by atoms with E-state index in [4.69, 9.17) is 0 Å². The van der Waals surface area contributed by atoms with E-state index in [1.54, 1.807) is 0 Å². The summed E-state index contributed by atoms with van der Waals surface area (Å²) >= 11 is 0. The first kappa shape index (κ1) is 11.7. The molecule has 0 aliphatic carbocycles. The molecule has 16 heavy (non-hydrogen) atoms. The Morgan fingerprint density at radius 3 is 2.62 bits per heavy atom. The number of carbonyl (C=O) groups is 1. The molecule has 0 bridgehead atoms. The number of rotatable bonds is 3. The summed E-state index contributed by atoms with van der Waals surface area (Å²) in [5.41, 5.74) is 1.12. The topological polar surface area (TPSA) is 41.1 Å². The SMILES string of the molecule is O=C(NCc1ccccc1)NC1CSSC1. The fourth-order valence-electron chi connectivity index (χ4n) is 1.41. The minimum Gasteiger partial charge on any atom is -0.334 e. The van der Waals surface area contributed by atoms with Crippen LogP contribution in [0.15, 0.2) is 30.3 Å². The second-order valence-electron chi connectivity index (χ2n) is 3.58. The zero-order valence-corrected chi connectivity index (χ0v) is 10.4. The second kappa shape index (κ2) is 6.06. The van der Waals surface area contributed by atoms with Crippen LogP contribution in [0.4, 0.5) is 4.79 Å². The highest BCUT2D eigenvalue weighted by atomic mass is 33.1. The van der Waals surface area contributed by atoms with Crippen molar-refractivity contribution >= 4 is 27.6 Å². The van der Waals surface area contributed by atoms with Crippen LogP contribution in [0, 0.1) is 0 Å². The third-order valence-electron chi connectivity index (χ3n) is 2.25. The normalized spacial score (nSPS) is 16.0. The molecule has 1 saturated heterocycles. The first-order valence-corrected chi connectivity index (χ1v) is 7.66. The molecule has 2 rings (SSSR count). The Balaban J connectivity index is 1.71. The van der Waals surface area contributed by atoms with Gasteiger partial charge in [0, 0.05) is 18.1 Å². The molecular weight excluding hydrogens is 240 g/mol. The molecule has 1 aromatic carbocycles. The third kappa shape index (κ3) is 3.64. The number of hydrogen-bond donors (Lipinski definition) is 2. The van der Waals surface area contributed by atoms with Gasteiger partial charge in [0.25, 0.3) is 0 Å². The highest BCUT2D eigenvalue weighted by molar-refractivity contribution is 8.77. The van der Waals surface area contributed by atoms with Gasteiger partial charge in [-0.25, -0.2) is 4.79 Å². The standard InChI is InChI=1S/C11H14N2OS2/c14-11(13-10-7-15-16-8-10)12-6-9-4-2-1-3-5-9/h1-5,10H,6-8H2,(H2,12,13,14). The Kier molecular flexibility index (Phi) is 4.42. The van der Waals surface area contributed by atoms with Crippen molar-refractivity contribution in [2.45, 2.75) is 12.6 Å². The summed E-state index contributed by atoms with van der Waals surface area (Å²) in [6.45, 7) is 0.583. The molecule has 2 N–H and O–H groups in total. The minimum absolute atomic E-state index is 0.0723. The molecule has 0 atom stereocenters. The lowest BCUT2D eigenvalue weighted by Gasteiger charge is -2.11. The average molecular weight is 254 g/mol. The van der Waals surface area contributed by atoms with Crippen LogP contribution in [0.25, 0.3) is 0 Å². The number of urea groups is 1. The van der Waals surface area contributed by atoms with Gasteiger partial charge in [-0.3, -0.25) is 0 Å². The summed E-state index contributed by atoms with van der Waals surface area (Å²) in [4.78, 5) is 11.5. The molecular formula is C11H14N2OS2. The molecule has 86 valence electrons. The minimum atomic E-state index is -0.0723. The van der Waals surface area contributed by atoms with Gasteiger partial charge in [-0.2, -0.15) is 0 Å². The molecule has 0 radical (unpaired) electrons. The Morgan fingerprint density at radius 2 is 1.94 bits per heavy atom. The molecule has 0 saturated carbocycles. The lowest BCUT2D eigenvalue weighted by atomic mass is 10.2. The number of amides is 2. The van der Waals surface area contributed by atoms with Crippen molar-refractivity contribution in [3.05, 3.63) is 35.9 Å². The fourth-order valence-corrected chi connectivity index (χ4v) is 4.04. The van der Waals surface area contributed by atoms with Gasteiger partial charge in [-0.15, -0.1) is 0 Å². The Hall–Kier alpha value is -0.810. The molecule has 1 aliphatic heterocycles. The zero-order valence-electron chi connectivity index (χ0n) is 8.81. The van der Waals surface area contributed by atoms with Gasteiger partial charge in [0.05, 0.1) is 6.04 Å². The van der Waals surface area contributed by atoms with Crippen LogP contribution in [0.3, 0.4) is 0 Å². The van der Waals surface area contributed by atoms with E-state index in [2.05, 4.69) is 10.6 Å². The third-order valence-corrected chi connectivity index (χ3v) is 4.81. The van der Waals surface area contributed by atoms with E-state index in [0.29, 0.717) is 12.6 Å². The maximum Gasteiger partial charge on any atom is 0.315 e. The number of nitrogens with one attached hydrogen (secondary N) is 2. The van der Waals surface area contributed by atoms with Crippen molar-refractivity contribution in [1.29, 1.82) is 0 Å². The van der Waals surface area contributed by atoms with Gasteiger partial charge < -0.3 is 10.6 Å². The average Bonchev–Trinajstić information content (AvgIpc) is 2.81. The highest BCUT2D eigenvalue weighted by Gasteiger charge is 2.17. The van der Waals surface area contributed by atoms with Crippen LogP contribution in [0.5, 0.6) is 0 Å². The highest BCUT2D eigenvalue weighted by Crippen LogP contribution is 2.30. The summed E-state index contributed by atoms with van der Waals surface area (Å²) in [5.74, 6) is 2.01. The van der Waals surface area contributed by atoms with Crippen molar-refractivity contribution in [2.75, 3.05) is 11.5 Å². The largest absolute Gasteiger partial charge is 0.334 e. The molecule has 5 heteroatoms. The zero-order chi connectivity index (χ0) is 11.2. The monoisotopic (exact) mass is 254 g/mol. The number of benzene rings is 1. The molecule has 1 heterocycles. The Morgan fingerprint density at radius 1 is 1.25 bits per heavy atom. The van der Waals surface area contributed by atoms with Gasteiger partial charge in [-0.05, 0) is 5.56 Å². The van der Waals surface area contributed by atoms with Gasteiger partial charge in [0.1, 0.15) is 0 Å².